The van der Waals surface area contributed by atoms with Crippen molar-refractivity contribution in [2.45, 2.75) is 44.3 Å². The lowest BCUT2D eigenvalue weighted by atomic mass is 9.87. The Morgan fingerprint density at radius 1 is 0.914 bits per heavy atom. The first-order chi connectivity index (χ1) is 16.8. The Kier molecular flexibility index (Phi) is 6.77. The summed E-state index contributed by atoms with van der Waals surface area (Å²) < 4.78 is 47.4. The van der Waals surface area contributed by atoms with E-state index in [4.69, 9.17) is 4.74 Å². The van der Waals surface area contributed by atoms with Gasteiger partial charge in [-0.1, -0.05) is 6.07 Å². The molecule has 0 aromatic heterocycles. The Balaban J connectivity index is 1.37. The Bertz CT molecular complexity index is 1050. The highest BCUT2D eigenvalue weighted by molar-refractivity contribution is 5.81. The molecule has 3 saturated heterocycles. The van der Waals surface area contributed by atoms with Crippen LogP contribution < -0.4 is 4.90 Å². The minimum atomic E-state index is -0.618. The molecule has 3 heterocycles. The predicted molar refractivity (Wildman–Crippen MR) is 128 cm³/mol. The van der Waals surface area contributed by atoms with Crippen molar-refractivity contribution in [3.05, 3.63) is 65.5 Å². The van der Waals surface area contributed by atoms with Crippen molar-refractivity contribution < 1.29 is 22.7 Å². The lowest BCUT2D eigenvalue weighted by molar-refractivity contribution is -0.137. The number of likely N-dealkylation sites (tertiary alicyclic amines) is 1. The molecule has 5 nitrogen and oxygen atoms in total. The number of ether oxygens (including phenoxy) is 1. The molecule has 3 fully saturated rings. The first-order valence-electron chi connectivity index (χ1n) is 12.4. The summed E-state index contributed by atoms with van der Waals surface area (Å²) >= 11 is 0. The summed E-state index contributed by atoms with van der Waals surface area (Å²) in [6.07, 6.45) is 0.893. The molecule has 1 amide bonds. The van der Waals surface area contributed by atoms with Crippen LogP contribution in [0.1, 0.15) is 31.7 Å². The van der Waals surface area contributed by atoms with E-state index in [2.05, 4.69) is 23.6 Å². The van der Waals surface area contributed by atoms with Crippen molar-refractivity contribution in [3.8, 4) is 0 Å². The van der Waals surface area contributed by atoms with Gasteiger partial charge >= 0.3 is 0 Å². The third-order valence-electron chi connectivity index (χ3n) is 7.80. The Labute approximate surface area is 204 Å². The van der Waals surface area contributed by atoms with E-state index >= 15 is 0 Å². The minimum Gasteiger partial charge on any atom is -0.380 e. The first-order valence-corrected chi connectivity index (χ1v) is 12.4. The van der Waals surface area contributed by atoms with Crippen LogP contribution in [-0.2, 0) is 9.53 Å². The summed E-state index contributed by atoms with van der Waals surface area (Å²) in [5.74, 6) is -2.23. The molecule has 0 spiro atoms. The summed E-state index contributed by atoms with van der Waals surface area (Å²) in [6.45, 7) is 7.58. The number of hydrogen-bond donors (Lipinski definition) is 0. The third kappa shape index (κ3) is 4.78. The van der Waals surface area contributed by atoms with E-state index in [-0.39, 0.29) is 35.8 Å². The Hall–Kier alpha value is -2.58. The van der Waals surface area contributed by atoms with Gasteiger partial charge in [-0.2, -0.15) is 0 Å². The second kappa shape index (κ2) is 9.82. The van der Waals surface area contributed by atoms with Gasteiger partial charge < -0.3 is 14.5 Å². The van der Waals surface area contributed by atoms with Crippen LogP contribution in [0, 0.1) is 23.4 Å². The number of benzene rings is 2. The summed E-state index contributed by atoms with van der Waals surface area (Å²) in [5, 5.41) is 0. The van der Waals surface area contributed by atoms with Gasteiger partial charge in [0.25, 0.3) is 0 Å². The topological polar surface area (TPSA) is 36.0 Å². The maximum Gasteiger partial charge on any atom is 0.227 e. The second-order valence-electron chi connectivity index (χ2n) is 10.2. The number of hydrogen-bond acceptors (Lipinski definition) is 4. The van der Waals surface area contributed by atoms with E-state index in [1.165, 1.54) is 24.3 Å². The van der Waals surface area contributed by atoms with Crippen molar-refractivity contribution in [1.29, 1.82) is 0 Å². The number of rotatable bonds is 4. The number of halogens is 3. The summed E-state index contributed by atoms with van der Waals surface area (Å²) in [7, 11) is 0. The molecule has 3 aliphatic rings. The molecule has 0 aliphatic carbocycles. The van der Waals surface area contributed by atoms with Gasteiger partial charge in [-0.3, -0.25) is 9.69 Å². The lowest BCUT2D eigenvalue weighted by Crippen LogP contribution is -2.59. The van der Waals surface area contributed by atoms with Gasteiger partial charge in [0.05, 0.1) is 12.5 Å². The summed E-state index contributed by atoms with van der Waals surface area (Å²) in [5.41, 5.74) is 1.33. The number of nitrogens with zero attached hydrogens (tertiary/aromatic N) is 3. The molecule has 0 N–H and O–H groups in total. The molecule has 188 valence electrons. The number of carbonyl (C=O) groups excluding carboxylic acids is 1. The van der Waals surface area contributed by atoms with Crippen LogP contribution in [0.15, 0.2) is 42.5 Å². The zero-order chi connectivity index (χ0) is 24.7. The second-order valence-corrected chi connectivity index (χ2v) is 10.2. The predicted octanol–water partition coefficient (Wildman–Crippen LogP) is 4.03. The van der Waals surface area contributed by atoms with Crippen molar-refractivity contribution in [2.24, 2.45) is 5.92 Å². The highest BCUT2D eigenvalue weighted by Gasteiger charge is 2.45. The molecule has 0 saturated carbocycles. The maximum absolute atomic E-state index is 14.8. The smallest absolute Gasteiger partial charge is 0.227 e. The number of anilines is 1. The molecule has 0 radical (unpaired) electrons. The first kappa shape index (κ1) is 24.1. The quantitative estimate of drug-likeness (QED) is 0.653. The van der Waals surface area contributed by atoms with Crippen molar-refractivity contribution >= 4 is 11.6 Å². The van der Waals surface area contributed by atoms with Crippen molar-refractivity contribution in [3.63, 3.8) is 0 Å². The zero-order valence-electron chi connectivity index (χ0n) is 20.2. The van der Waals surface area contributed by atoms with E-state index in [0.29, 0.717) is 45.0 Å². The standard InChI is InChI=1S/C27H32F3N3O2/c1-17-12-32(13-18(2)33(17)21-6-3-19(28)4-7-21)27(34)25-15-31(22-9-10-35-16-22)14-24(25)23-8-5-20(29)11-26(23)30/h3-8,11,17-18,22,24-25H,9-10,12-16H2,1-2H3/t17-,18+,22?,24-,25+/m0/s1. The number of carbonyl (C=O) groups is 1. The van der Waals surface area contributed by atoms with Crippen molar-refractivity contribution in [2.75, 3.05) is 44.3 Å². The van der Waals surface area contributed by atoms with Gasteiger partial charge in [0, 0.05) is 68.6 Å². The molecule has 2 aromatic carbocycles. The van der Waals surface area contributed by atoms with E-state index in [9.17, 15) is 18.0 Å². The highest BCUT2D eigenvalue weighted by atomic mass is 19.1. The number of amides is 1. The zero-order valence-corrected chi connectivity index (χ0v) is 20.2. The highest BCUT2D eigenvalue weighted by Crippen LogP contribution is 2.38. The molecular formula is C27H32F3N3O2. The monoisotopic (exact) mass is 487 g/mol. The van der Waals surface area contributed by atoms with E-state index in [0.717, 1.165) is 18.2 Å². The molecule has 2 aromatic rings. The molecular weight excluding hydrogens is 455 g/mol. The molecule has 35 heavy (non-hydrogen) atoms. The fraction of sp³-hybridized carbons (Fsp3) is 0.519. The molecule has 1 unspecified atom stereocenters. The van der Waals surface area contributed by atoms with Crippen LogP contribution in [0.4, 0.5) is 18.9 Å². The van der Waals surface area contributed by atoms with Gasteiger partial charge in [0.1, 0.15) is 17.5 Å². The minimum absolute atomic E-state index is 0.0117. The van der Waals surface area contributed by atoms with Gasteiger partial charge in [-0.25, -0.2) is 13.2 Å². The largest absolute Gasteiger partial charge is 0.380 e. The summed E-state index contributed by atoms with van der Waals surface area (Å²) in [4.78, 5) is 20.3. The molecule has 5 rings (SSSR count). The fourth-order valence-electron chi connectivity index (χ4n) is 6.17. The van der Waals surface area contributed by atoms with Crippen LogP contribution in [0.3, 0.4) is 0 Å². The fourth-order valence-corrected chi connectivity index (χ4v) is 6.17. The number of piperazine rings is 1. The molecule has 0 bridgehead atoms. The van der Waals surface area contributed by atoms with Crippen LogP contribution >= 0.6 is 0 Å². The lowest BCUT2D eigenvalue weighted by Gasteiger charge is -2.46. The van der Waals surface area contributed by atoms with Crippen LogP contribution in [0.25, 0.3) is 0 Å². The van der Waals surface area contributed by atoms with Gasteiger partial charge in [0.2, 0.25) is 5.91 Å². The van der Waals surface area contributed by atoms with E-state index in [1.54, 1.807) is 12.1 Å². The van der Waals surface area contributed by atoms with Crippen molar-refractivity contribution in [1.82, 2.24) is 9.80 Å². The average Bonchev–Trinajstić information content (AvgIpc) is 3.49. The summed E-state index contributed by atoms with van der Waals surface area (Å²) in [6, 6.07) is 10.4. The Morgan fingerprint density at radius 3 is 2.23 bits per heavy atom. The molecule has 5 atom stereocenters. The van der Waals surface area contributed by atoms with Gasteiger partial charge in [-0.05, 0) is 56.2 Å². The Morgan fingerprint density at radius 2 is 1.60 bits per heavy atom. The SMILES string of the molecule is C[C@@H]1CN(C(=O)[C@@H]2CN(C3CCOC3)C[C@H]2c2ccc(F)cc2F)C[C@H](C)N1c1ccc(F)cc1. The molecule has 8 heteroatoms. The maximum atomic E-state index is 14.8. The van der Waals surface area contributed by atoms with E-state index < -0.39 is 17.6 Å². The van der Waals surface area contributed by atoms with E-state index in [1.807, 2.05) is 4.90 Å². The normalized spacial score (nSPS) is 29.7. The van der Waals surface area contributed by atoms with Crippen LogP contribution in [0.2, 0.25) is 0 Å². The third-order valence-corrected chi connectivity index (χ3v) is 7.80. The van der Waals surface area contributed by atoms with Gasteiger partial charge in [0.15, 0.2) is 0 Å². The average molecular weight is 488 g/mol. The molecule has 3 aliphatic heterocycles. The van der Waals surface area contributed by atoms with Crippen LogP contribution in [0.5, 0.6) is 0 Å². The van der Waals surface area contributed by atoms with Crippen LogP contribution in [-0.4, -0.2) is 73.2 Å². The van der Waals surface area contributed by atoms with Gasteiger partial charge in [-0.15, -0.1) is 0 Å².